The summed E-state index contributed by atoms with van der Waals surface area (Å²) in [6.07, 6.45) is 0.403. The number of carbonyl (C=O) groups is 1. The zero-order chi connectivity index (χ0) is 8.69. The van der Waals surface area contributed by atoms with E-state index in [2.05, 4.69) is 27.6 Å². The predicted molar refractivity (Wildman–Crippen MR) is 46.3 cm³/mol. The summed E-state index contributed by atoms with van der Waals surface area (Å²) in [7, 11) is 3.08. The van der Waals surface area contributed by atoms with Crippen molar-refractivity contribution in [3.63, 3.8) is 0 Å². The summed E-state index contributed by atoms with van der Waals surface area (Å²) in [4.78, 5) is 10.6. The van der Waals surface area contributed by atoms with Crippen LogP contribution in [0.1, 0.15) is 6.42 Å². The molecule has 11 heavy (non-hydrogen) atoms. The number of thiocarbonyl (C=S) groups is 1. The van der Waals surface area contributed by atoms with Gasteiger partial charge in [0.25, 0.3) is 5.17 Å². The fraction of sp³-hybridized carbons (Fsp3) is 0.667. The van der Waals surface area contributed by atoms with Gasteiger partial charge in [-0.05, 0) is 12.2 Å². The minimum absolute atomic E-state index is 0.0172. The lowest BCUT2D eigenvalue weighted by molar-refractivity contribution is -0.120. The van der Waals surface area contributed by atoms with Crippen molar-refractivity contribution in [2.45, 2.75) is 6.42 Å². The first-order valence-corrected chi connectivity index (χ1v) is 3.64. The molecular formula is C6H12N2O2S. The number of amides is 1. The first kappa shape index (κ1) is 10.2. The molecule has 0 rings (SSSR count). The van der Waals surface area contributed by atoms with Crippen molar-refractivity contribution in [1.29, 1.82) is 0 Å². The van der Waals surface area contributed by atoms with E-state index in [1.165, 1.54) is 7.11 Å². The Bertz CT molecular complexity index is 134. The van der Waals surface area contributed by atoms with E-state index < -0.39 is 0 Å². The fourth-order valence-electron chi connectivity index (χ4n) is 0.475. The second-order valence-electron chi connectivity index (χ2n) is 1.84. The Labute approximate surface area is 71.3 Å². The van der Waals surface area contributed by atoms with Crippen molar-refractivity contribution in [3.05, 3.63) is 0 Å². The van der Waals surface area contributed by atoms with Gasteiger partial charge in [0.05, 0.1) is 7.11 Å². The summed E-state index contributed by atoms with van der Waals surface area (Å²) in [5, 5.41) is 5.55. The van der Waals surface area contributed by atoms with Crippen LogP contribution < -0.4 is 10.6 Å². The molecule has 0 bridgehead atoms. The molecule has 0 heterocycles. The average molecular weight is 176 g/mol. The number of hydrogen-bond acceptors (Lipinski definition) is 3. The van der Waals surface area contributed by atoms with Crippen LogP contribution in [-0.2, 0) is 9.53 Å². The standard InChI is InChI=1S/C6H12N2O2S/c1-7-5(9)3-4-8-6(11)10-2/h3-4H2,1-2H3,(H,7,9)(H,8,11). The maximum Gasteiger partial charge on any atom is 0.256 e. The van der Waals surface area contributed by atoms with E-state index in [4.69, 9.17) is 0 Å². The average Bonchev–Trinajstić information content (AvgIpc) is 2.04. The number of rotatable bonds is 3. The maximum atomic E-state index is 10.6. The highest BCUT2D eigenvalue weighted by Gasteiger charge is 1.97. The van der Waals surface area contributed by atoms with Crippen LogP contribution >= 0.6 is 12.2 Å². The third-order valence-corrected chi connectivity index (χ3v) is 1.40. The fourth-order valence-corrected chi connectivity index (χ4v) is 0.577. The summed E-state index contributed by atoms with van der Waals surface area (Å²) < 4.78 is 4.65. The summed E-state index contributed by atoms with van der Waals surface area (Å²) in [6.45, 7) is 0.506. The monoisotopic (exact) mass is 176 g/mol. The van der Waals surface area contributed by atoms with Crippen molar-refractivity contribution in [2.24, 2.45) is 0 Å². The molecule has 0 aromatic rings. The highest BCUT2D eigenvalue weighted by atomic mass is 32.1. The topological polar surface area (TPSA) is 50.4 Å². The minimum Gasteiger partial charge on any atom is -0.474 e. The van der Waals surface area contributed by atoms with Gasteiger partial charge >= 0.3 is 0 Å². The number of carbonyl (C=O) groups excluding carboxylic acids is 1. The molecule has 0 saturated heterocycles. The van der Waals surface area contributed by atoms with Gasteiger partial charge in [0.1, 0.15) is 0 Å². The van der Waals surface area contributed by atoms with Crippen molar-refractivity contribution < 1.29 is 9.53 Å². The molecule has 0 unspecified atom stereocenters. The smallest absolute Gasteiger partial charge is 0.256 e. The van der Waals surface area contributed by atoms with Crippen LogP contribution in [0, 0.1) is 0 Å². The molecule has 0 atom stereocenters. The molecule has 4 nitrogen and oxygen atoms in total. The molecule has 2 N–H and O–H groups in total. The van der Waals surface area contributed by atoms with E-state index in [1.54, 1.807) is 7.05 Å². The van der Waals surface area contributed by atoms with Gasteiger partial charge in [0, 0.05) is 20.0 Å². The molecule has 0 aliphatic rings. The summed E-state index contributed by atoms with van der Waals surface area (Å²) >= 11 is 4.68. The second kappa shape index (κ2) is 5.91. The maximum absolute atomic E-state index is 10.6. The SMILES string of the molecule is CNC(=O)CCNC(=S)OC. The van der Waals surface area contributed by atoms with Gasteiger partial charge in [-0.15, -0.1) is 0 Å². The van der Waals surface area contributed by atoms with Crippen LogP contribution in [0.25, 0.3) is 0 Å². The molecule has 0 aliphatic heterocycles. The van der Waals surface area contributed by atoms with Crippen LogP contribution in [-0.4, -0.2) is 31.8 Å². The second-order valence-corrected chi connectivity index (χ2v) is 2.21. The minimum atomic E-state index is -0.0172. The van der Waals surface area contributed by atoms with Gasteiger partial charge in [0.2, 0.25) is 5.91 Å². The lowest BCUT2D eigenvalue weighted by Gasteiger charge is -2.04. The van der Waals surface area contributed by atoms with Crippen molar-refractivity contribution >= 4 is 23.3 Å². The normalized spacial score (nSPS) is 8.55. The van der Waals surface area contributed by atoms with Crippen molar-refractivity contribution in [2.75, 3.05) is 20.7 Å². The van der Waals surface area contributed by atoms with E-state index in [-0.39, 0.29) is 5.91 Å². The molecular weight excluding hydrogens is 164 g/mol. The Morgan fingerprint density at radius 3 is 2.73 bits per heavy atom. The van der Waals surface area contributed by atoms with E-state index in [9.17, 15) is 4.79 Å². The Kier molecular flexibility index (Phi) is 5.46. The lowest BCUT2D eigenvalue weighted by atomic mass is 10.4. The van der Waals surface area contributed by atoms with Crippen LogP contribution in [0.5, 0.6) is 0 Å². The summed E-state index contributed by atoms with van der Waals surface area (Å²) in [6, 6.07) is 0. The molecule has 0 aliphatic carbocycles. The van der Waals surface area contributed by atoms with Crippen molar-refractivity contribution in [3.8, 4) is 0 Å². The molecule has 5 heteroatoms. The zero-order valence-corrected chi connectivity index (χ0v) is 7.46. The van der Waals surface area contributed by atoms with Gasteiger partial charge in [-0.3, -0.25) is 4.79 Å². The highest BCUT2D eigenvalue weighted by molar-refractivity contribution is 7.80. The Morgan fingerprint density at radius 1 is 1.64 bits per heavy atom. The van der Waals surface area contributed by atoms with Crippen LogP contribution in [0.3, 0.4) is 0 Å². The van der Waals surface area contributed by atoms with Gasteiger partial charge in [0.15, 0.2) is 0 Å². The predicted octanol–water partition coefficient (Wildman–Crippen LogP) is -0.357. The quantitative estimate of drug-likeness (QED) is 0.577. The first-order chi connectivity index (χ1) is 5.20. The molecule has 0 saturated carbocycles. The number of ether oxygens (including phenoxy) is 1. The Balaban J connectivity index is 3.27. The molecule has 0 spiro atoms. The van der Waals surface area contributed by atoms with Gasteiger partial charge in [-0.1, -0.05) is 0 Å². The van der Waals surface area contributed by atoms with E-state index >= 15 is 0 Å². The number of hydrogen-bond donors (Lipinski definition) is 2. The zero-order valence-electron chi connectivity index (χ0n) is 6.64. The third-order valence-electron chi connectivity index (χ3n) is 1.09. The van der Waals surface area contributed by atoms with E-state index in [0.717, 1.165) is 0 Å². The molecule has 0 aromatic heterocycles. The largest absolute Gasteiger partial charge is 0.474 e. The third kappa shape index (κ3) is 5.60. The molecule has 1 amide bonds. The number of nitrogens with one attached hydrogen (secondary N) is 2. The first-order valence-electron chi connectivity index (χ1n) is 3.23. The Hall–Kier alpha value is -0.840. The van der Waals surface area contributed by atoms with Crippen LogP contribution in [0.15, 0.2) is 0 Å². The molecule has 0 radical (unpaired) electrons. The lowest BCUT2D eigenvalue weighted by Crippen LogP contribution is -2.28. The van der Waals surface area contributed by atoms with Gasteiger partial charge < -0.3 is 15.4 Å². The van der Waals surface area contributed by atoms with Crippen LogP contribution in [0.2, 0.25) is 0 Å². The summed E-state index contributed by atoms with van der Waals surface area (Å²) in [5.74, 6) is -0.0172. The summed E-state index contributed by atoms with van der Waals surface area (Å²) in [5.41, 5.74) is 0. The molecule has 0 fully saturated rings. The molecule has 64 valence electrons. The van der Waals surface area contributed by atoms with Crippen molar-refractivity contribution in [1.82, 2.24) is 10.6 Å². The van der Waals surface area contributed by atoms with Gasteiger partial charge in [-0.2, -0.15) is 0 Å². The van der Waals surface area contributed by atoms with Gasteiger partial charge in [-0.25, -0.2) is 0 Å². The van der Waals surface area contributed by atoms with E-state index in [1.807, 2.05) is 0 Å². The molecule has 0 aromatic carbocycles. The van der Waals surface area contributed by atoms with E-state index in [0.29, 0.717) is 18.1 Å². The number of methoxy groups -OCH3 is 1. The Morgan fingerprint density at radius 2 is 2.27 bits per heavy atom. The van der Waals surface area contributed by atoms with Crippen LogP contribution in [0.4, 0.5) is 0 Å². The highest BCUT2D eigenvalue weighted by Crippen LogP contribution is 1.77.